The van der Waals surface area contributed by atoms with Crippen LogP contribution in [0.1, 0.15) is 34.3 Å². The summed E-state index contributed by atoms with van der Waals surface area (Å²) in [5, 5.41) is 11.1. The number of rotatable bonds is 8. The maximum absolute atomic E-state index is 12.8. The number of amides is 1. The smallest absolute Gasteiger partial charge is 0.308 e. The van der Waals surface area contributed by atoms with Gasteiger partial charge in [0.2, 0.25) is 5.89 Å². The number of nitrogens with zero attached hydrogens (tertiary/aromatic N) is 2. The minimum absolute atomic E-state index is 0.0834. The lowest BCUT2D eigenvalue weighted by atomic mass is 10.0. The lowest BCUT2D eigenvalue weighted by Crippen LogP contribution is -2.30. The standard InChI is InChI=1S/C25H20ClN3O4/c26-20-14-8-7-13-19(20)24(31)27-21(17-9-3-1-4-10-17)15-23(30)32-16-22-28-29-25(33-22)18-11-5-2-6-12-18/h1-14,21H,15-16H2,(H,27,31)/t21-/m0/s1. The minimum atomic E-state index is -0.606. The summed E-state index contributed by atoms with van der Waals surface area (Å²) >= 11 is 6.14. The van der Waals surface area contributed by atoms with E-state index in [1.165, 1.54) is 0 Å². The van der Waals surface area contributed by atoms with Crippen molar-refractivity contribution >= 4 is 23.5 Å². The van der Waals surface area contributed by atoms with Crippen LogP contribution in [-0.2, 0) is 16.1 Å². The van der Waals surface area contributed by atoms with Gasteiger partial charge in [-0.05, 0) is 29.8 Å². The molecule has 1 atom stereocenters. The van der Waals surface area contributed by atoms with Crippen molar-refractivity contribution in [3.63, 3.8) is 0 Å². The number of esters is 1. The third-order valence-corrected chi connectivity index (χ3v) is 5.17. The largest absolute Gasteiger partial charge is 0.456 e. The first-order valence-electron chi connectivity index (χ1n) is 10.2. The number of hydrogen-bond donors (Lipinski definition) is 1. The topological polar surface area (TPSA) is 94.3 Å². The van der Waals surface area contributed by atoms with Crippen LogP contribution in [0.25, 0.3) is 11.5 Å². The molecule has 4 aromatic rings. The van der Waals surface area contributed by atoms with Gasteiger partial charge in [0.05, 0.1) is 23.0 Å². The highest BCUT2D eigenvalue weighted by molar-refractivity contribution is 6.33. The average molecular weight is 462 g/mol. The second kappa shape index (κ2) is 10.6. The van der Waals surface area contributed by atoms with Gasteiger partial charge in [0.1, 0.15) is 0 Å². The third kappa shape index (κ3) is 5.84. The zero-order chi connectivity index (χ0) is 23.0. The molecule has 33 heavy (non-hydrogen) atoms. The monoisotopic (exact) mass is 461 g/mol. The summed E-state index contributed by atoms with van der Waals surface area (Å²) in [6, 6.07) is 24.6. The van der Waals surface area contributed by atoms with E-state index in [1.807, 2.05) is 60.7 Å². The van der Waals surface area contributed by atoms with Gasteiger partial charge < -0.3 is 14.5 Å². The van der Waals surface area contributed by atoms with E-state index in [2.05, 4.69) is 15.5 Å². The van der Waals surface area contributed by atoms with E-state index in [0.717, 1.165) is 11.1 Å². The number of benzene rings is 3. The van der Waals surface area contributed by atoms with Crippen LogP contribution in [-0.4, -0.2) is 22.1 Å². The molecule has 166 valence electrons. The highest BCUT2D eigenvalue weighted by Gasteiger charge is 2.22. The summed E-state index contributed by atoms with van der Waals surface area (Å²) in [5.74, 6) is -0.385. The molecular weight excluding hydrogens is 442 g/mol. The number of hydrogen-bond acceptors (Lipinski definition) is 6. The Morgan fingerprint density at radius 1 is 0.909 bits per heavy atom. The Kier molecular flexibility index (Phi) is 7.12. The fourth-order valence-corrected chi connectivity index (χ4v) is 3.42. The van der Waals surface area contributed by atoms with Crippen LogP contribution in [0.4, 0.5) is 0 Å². The van der Waals surface area contributed by atoms with E-state index in [4.69, 9.17) is 20.8 Å². The van der Waals surface area contributed by atoms with Crippen LogP contribution >= 0.6 is 11.6 Å². The lowest BCUT2D eigenvalue weighted by Gasteiger charge is -2.19. The average Bonchev–Trinajstić information content (AvgIpc) is 3.33. The van der Waals surface area contributed by atoms with Crippen LogP contribution in [0.5, 0.6) is 0 Å². The van der Waals surface area contributed by atoms with Crippen LogP contribution < -0.4 is 5.32 Å². The molecule has 1 N–H and O–H groups in total. The van der Waals surface area contributed by atoms with Gasteiger partial charge in [-0.1, -0.05) is 72.3 Å². The molecule has 4 rings (SSSR count). The zero-order valence-corrected chi connectivity index (χ0v) is 18.2. The van der Waals surface area contributed by atoms with Crippen molar-refractivity contribution in [1.29, 1.82) is 0 Å². The number of halogens is 1. The van der Waals surface area contributed by atoms with Crippen molar-refractivity contribution in [3.05, 3.63) is 107 Å². The summed E-state index contributed by atoms with van der Waals surface area (Å²) in [6.07, 6.45) is -0.0834. The van der Waals surface area contributed by atoms with Gasteiger partial charge in [0, 0.05) is 5.56 Å². The molecule has 0 bridgehead atoms. The van der Waals surface area contributed by atoms with E-state index in [9.17, 15) is 9.59 Å². The van der Waals surface area contributed by atoms with Gasteiger partial charge in [0.25, 0.3) is 11.8 Å². The van der Waals surface area contributed by atoms with Crippen LogP contribution in [0.3, 0.4) is 0 Å². The Balaban J connectivity index is 1.41. The molecule has 1 heterocycles. The second-order valence-electron chi connectivity index (χ2n) is 7.15. The zero-order valence-electron chi connectivity index (χ0n) is 17.5. The first-order valence-corrected chi connectivity index (χ1v) is 10.6. The van der Waals surface area contributed by atoms with Gasteiger partial charge in [-0.15, -0.1) is 10.2 Å². The highest BCUT2D eigenvalue weighted by Crippen LogP contribution is 2.22. The summed E-state index contributed by atoms with van der Waals surface area (Å²) in [5.41, 5.74) is 1.86. The summed E-state index contributed by atoms with van der Waals surface area (Å²) in [6.45, 7) is -0.168. The molecule has 7 nitrogen and oxygen atoms in total. The molecule has 0 aliphatic heterocycles. The minimum Gasteiger partial charge on any atom is -0.456 e. The van der Waals surface area contributed by atoms with Gasteiger partial charge in [0.15, 0.2) is 6.61 Å². The molecule has 0 aliphatic carbocycles. The van der Waals surface area contributed by atoms with Crippen molar-refractivity contribution in [2.75, 3.05) is 0 Å². The summed E-state index contributed by atoms with van der Waals surface area (Å²) < 4.78 is 10.9. The number of carbonyl (C=O) groups is 2. The maximum atomic E-state index is 12.8. The van der Waals surface area contributed by atoms with Gasteiger partial charge in [-0.2, -0.15) is 0 Å². The molecule has 0 saturated carbocycles. The SMILES string of the molecule is O=C(C[C@H](NC(=O)c1ccccc1Cl)c1ccccc1)OCc1nnc(-c2ccccc2)o1. The van der Waals surface area contributed by atoms with Crippen molar-refractivity contribution < 1.29 is 18.7 Å². The Hall–Kier alpha value is -3.97. The molecule has 3 aromatic carbocycles. The molecule has 0 unspecified atom stereocenters. The van der Waals surface area contributed by atoms with Crippen molar-refractivity contribution in [3.8, 4) is 11.5 Å². The fourth-order valence-electron chi connectivity index (χ4n) is 3.20. The van der Waals surface area contributed by atoms with Crippen LogP contribution in [0, 0.1) is 0 Å². The Morgan fingerprint density at radius 2 is 1.58 bits per heavy atom. The molecule has 1 aromatic heterocycles. The van der Waals surface area contributed by atoms with Crippen molar-refractivity contribution in [2.45, 2.75) is 19.1 Å². The summed E-state index contributed by atoms with van der Waals surface area (Å²) in [4.78, 5) is 25.3. The molecule has 0 fully saturated rings. The van der Waals surface area contributed by atoms with E-state index >= 15 is 0 Å². The predicted octanol–water partition coefficient (Wildman–Crippen LogP) is 4.99. The maximum Gasteiger partial charge on any atom is 0.308 e. The predicted molar refractivity (Wildman–Crippen MR) is 122 cm³/mol. The Morgan fingerprint density at radius 3 is 2.30 bits per heavy atom. The molecule has 0 saturated heterocycles. The third-order valence-electron chi connectivity index (χ3n) is 4.84. The van der Waals surface area contributed by atoms with E-state index < -0.39 is 12.0 Å². The van der Waals surface area contributed by atoms with Crippen LogP contribution in [0.15, 0.2) is 89.3 Å². The Bertz CT molecular complexity index is 1230. The molecular formula is C25H20ClN3O4. The van der Waals surface area contributed by atoms with Gasteiger partial charge >= 0.3 is 5.97 Å². The first-order chi connectivity index (χ1) is 16.1. The van der Waals surface area contributed by atoms with Crippen molar-refractivity contribution in [2.24, 2.45) is 0 Å². The molecule has 1 amide bonds. The van der Waals surface area contributed by atoms with Crippen molar-refractivity contribution in [1.82, 2.24) is 15.5 Å². The second-order valence-corrected chi connectivity index (χ2v) is 7.56. The van der Waals surface area contributed by atoms with E-state index in [-0.39, 0.29) is 24.8 Å². The lowest BCUT2D eigenvalue weighted by molar-refractivity contribution is -0.146. The number of carbonyl (C=O) groups excluding carboxylic acids is 2. The fraction of sp³-hybridized carbons (Fsp3) is 0.120. The highest BCUT2D eigenvalue weighted by atomic mass is 35.5. The van der Waals surface area contributed by atoms with Crippen LogP contribution in [0.2, 0.25) is 5.02 Å². The normalized spacial score (nSPS) is 11.5. The van der Waals surface area contributed by atoms with Gasteiger partial charge in [-0.3, -0.25) is 9.59 Å². The Labute approximate surface area is 195 Å². The van der Waals surface area contributed by atoms with Gasteiger partial charge in [-0.25, -0.2) is 0 Å². The first kappa shape index (κ1) is 22.2. The number of nitrogens with one attached hydrogen (secondary N) is 1. The molecule has 8 heteroatoms. The number of ether oxygens (including phenoxy) is 1. The number of aromatic nitrogens is 2. The molecule has 0 radical (unpaired) electrons. The quantitative estimate of drug-likeness (QED) is 0.371. The van der Waals surface area contributed by atoms with E-state index in [1.54, 1.807) is 24.3 Å². The van der Waals surface area contributed by atoms with E-state index in [0.29, 0.717) is 16.5 Å². The molecule has 0 spiro atoms. The summed E-state index contributed by atoms with van der Waals surface area (Å²) in [7, 11) is 0. The molecule has 0 aliphatic rings.